The molecule has 1 unspecified atom stereocenters. The second-order valence-corrected chi connectivity index (χ2v) is 7.72. The van der Waals surface area contributed by atoms with Gasteiger partial charge in [-0.1, -0.05) is 41.5 Å². The summed E-state index contributed by atoms with van der Waals surface area (Å²) in [7, 11) is 0. The van der Waals surface area contributed by atoms with E-state index in [1.54, 1.807) is 0 Å². The first-order valence-electron chi connectivity index (χ1n) is 6.34. The van der Waals surface area contributed by atoms with Gasteiger partial charge in [0.05, 0.1) is 6.10 Å². The number of nitrogens with one attached hydrogen (secondary N) is 1. The summed E-state index contributed by atoms with van der Waals surface area (Å²) >= 11 is 1.35. The lowest BCUT2D eigenvalue weighted by atomic mass is 9.89. The summed E-state index contributed by atoms with van der Waals surface area (Å²) in [5.74, 6) is 0.848. The third kappa shape index (κ3) is 5.31. The molecule has 1 heterocycles. The maximum atomic E-state index is 9.91. The first-order valence-corrected chi connectivity index (χ1v) is 7.11. The average molecular weight is 271 g/mol. The summed E-state index contributed by atoms with van der Waals surface area (Å²) in [6, 6.07) is 0. The van der Waals surface area contributed by atoms with Crippen LogP contribution in [-0.2, 0) is 5.41 Å². The molecule has 0 aliphatic rings. The Morgan fingerprint density at radius 1 is 1.22 bits per heavy atom. The Kier molecular flexibility index (Phi) is 4.72. The van der Waals surface area contributed by atoms with Crippen molar-refractivity contribution in [3.63, 3.8) is 0 Å². The summed E-state index contributed by atoms with van der Waals surface area (Å²) in [5, 5.41) is 13.8. The largest absolute Gasteiger partial charge is 0.391 e. The van der Waals surface area contributed by atoms with E-state index in [2.05, 4.69) is 56.2 Å². The fourth-order valence-corrected chi connectivity index (χ4v) is 2.35. The van der Waals surface area contributed by atoms with Crippen molar-refractivity contribution in [3.05, 3.63) is 5.82 Å². The van der Waals surface area contributed by atoms with Crippen molar-refractivity contribution in [2.45, 2.75) is 59.5 Å². The van der Waals surface area contributed by atoms with Crippen LogP contribution in [0.15, 0.2) is 0 Å². The Morgan fingerprint density at radius 2 is 1.83 bits per heavy atom. The number of hydrogen-bond acceptors (Lipinski definition) is 5. The molecule has 0 saturated heterocycles. The topological polar surface area (TPSA) is 58.0 Å². The van der Waals surface area contributed by atoms with Crippen molar-refractivity contribution in [2.24, 2.45) is 5.41 Å². The van der Waals surface area contributed by atoms with Crippen molar-refractivity contribution in [1.29, 1.82) is 0 Å². The molecule has 1 atom stereocenters. The molecule has 0 spiro atoms. The van der Waals surface area contributed by atoms with Crippen LogP contribution in [0.4, 0.5) is 5.13 Å². The molecular formula is C13H25N3OS. The molecule has 0 amide bonds. The van der Waals surface area contributed by atoms with Crippen LogP contribution in [0, 0.1) is 5.41 Å². The van der Waals surface area contributed by atoms with E-state index in [9.17, 15) is 5.11 Å². The van der Waals surface area contributed by atoms with Gasteiger partial charge in [0.1, 0.15) is 5.82 Å². The zero-order chi connectivity index (χ0) is 14.0. The lowest BCUT2D eigenvalue weighted by Gasteiger charge is -2.22. The highest BCUT2D eigenvalue weighted by Gasteiger charge is 2.20. The second-order valence-electron chi connectivity index (χ2n) is 6.97. The Morgan fingerprint density at radius 3 is 2.28 bits per heavy atom. The second kappa shape index (κ2) is 5.53. The minimum Gasteiger partial charge on any atom is -0.391 e. The number of rotatable bonds is 4. The van der Waals surface area contributed by atoms with Gasteiger partial charge in [0.15, 0.2) is 0 Å². The number of nitrogens with zero attached hydrogens (tertiary/aromatic N) is 2. The van der Waals surface area contributed by atoms with E-state index >= 15 is 0 Å². The zero-order valence-corrected chi connectivity index (χ0v) is 13.1. The highest BCUT2D eigenvalue weighted by Crippen LogP contribution is 2.24. The smallest absolute Gasteiger partial charge is 0.202 e. The number of aliphatic hydroxyl groups excluding tert-OH is 1. The minimum absolute atomic E-state index is 0.0273. The van der Waals surface area contributed by atoms with E-state index in [1.165, 1.54) is 11.5 Å². The van der Waals surface area contributed by atoms with Crippen molar-refractivity contribution < 1.29 is 5.11 Å². The van der Waals surface area contributed by atoms with Gasteiger partial charge in [-0.2, -0.15) is 4.37 Å². The van der Waals surface area contributed by atoms with Gasteiger partial charge >= 0.3 is 0 Å². The Hall–Kier alpha value is -0.680. The van der Waals surface area contributed by atoms with Crippen LogP contribution in [0.3, 0.4) is 0 Å². The summed E-state index contributed by atoms with van der Waals surface area (Å²) in [5.41, 5.74) is 0.110. The monoisotopic (exact) mass is 271 g/mol. The summed E-state index contributed by atoms with van der Waals surface area (Å²) in [6.07, 6.45) is 0.414. The number of anilines is 1. The van der Waals surface area contributed by atoms with Crippen molar-refractivity contribution in [3.8, 4) is 0 Å². The quantitative estimate of drug-likeness (QED) is 0.883. The van der Waals surface area contributed by atoms with Gasteiger partial charge in [-0.25, -0.2) is 4.98 Å². The summed E-state index contributed by atoms with van der Waals surface area (Å²) in [6.45, 7) is 13.2. The van der Waals surface area contributed by atoms with Crippen molar-refractivity contribution in [2.75, 3.05) is 11.9 Å². The standard InChI is InChI=1S/C13H25N3OS/c1-12(2,3)7-9(17)8-14-11-15-10(16-18-11)13(4,5)6/h9,17H,7-8H2,1-6H3,(H,14,15,16). The average Bonchev–Trinajstić information content (AvgIpc) is 2.59. The molecule has 0 aliphatic carbocycles. The predicted octanol–water partition coefficient (Wildman–Crippen LogP) is 3.04. The fourth-order valence-electron chi connectivity index (χ4n) is 1.58. The molecule has 1 aromatic rings. The molecule has 1 rings (SSSR count). The molecule has 0 bridgehead atoms. The van der Waals surface area contributed by atoms with Gasteiger partial charge in [0.25, 0.3) is 0 Å². The van der Waals surface area contributed by atoms with E-state index in [1.807, 2.05) is 0 Å². The fraction of sp³-hybridized carbons (Fsp3) is 0.846. The number of aliphatic hydroxyl groups is 1. The van der Waals surface area contributed by atoms with Gasteiger partial charge < -0.3 is 10.4 Å². The Balaban J connectivity index is 2.47. The van der Waals surface area contributed by atoms with Crippen LogP contribution in [0.1, 0.15) is 53.8 Å². The first kappa shape index (κ1) is 15.4. The minimum atomic E-state index is -0.355. The predicted molar refractivity (Wildman–Crippen MR) is 77.2 cm³/mol. The lowest BCUT2D eigenvalue weighted by molar-refractivity contribution is 0.132. The maximum absolute atomic E-state index is 9.91. The van der Waals surface area contributed by atoms with Crippen LogP contribution in [0.5, 0.6) is 0 Å². The highest BCUT2D eigenvalue weighted by atomic mass is 32.1. The maximum Gasteiger partial charge on any atom is 0.202 e. The van der Waals surface area contributed by atoms with E-state index in [0.29, 0.717) is 6.54 Å². The Labute approximate surface area is 114 Å². The molecule has 1 aromatic heterocycles. The molecule has 5 heteroatoms. The van der Waals surface area contributed by atoms with Gasteiger partial charge in [-0.05, 0) is 11.8 Å². The van der Waals surface area contributed by atoms with E-state index in [-0.39, 0.29) is 16.9 Å². The lowest BCUT2D eigenvalue weighted by Crippen LogP contribution is -2.25. The summed E-state index contributed by atoms with van der Waals surface area (Å²) < 4.78 is 4.33. The van der Waals surface area contributed by atoms with Crippen molar-refractivity contribution >= 4 is 16.7 Å². The Bertz CT molecular complexity index is 376. The van der Waals surface area contributed by atoms with Crippen molar-refractivity contribution in [1.82, 2.24) is 9.36 Å². The molecule has 2 N–H and O–H groups in total. The number of hydrogen-bond donors (Lipinski definition) is 2. The third-order valence-electron chi connectivity index (χ3n) is 2.43. The molecule has 0 aromatic carbocycles. The summed E-state index contributed by atoms with van der Waals surface area (Å²) in [4.78, 5) is 4.44. The molecule has 0 fully saturated rings. The van der Waals surface area contributed by atoms with Gasteiger partial charge in [0.2, 0.25) is 5.13 Å². The normalized spacial score (nSPS) is 14.6. The molecule has 0 saturated carbocycles. The van der Waals surface area contributed by atoms with Crippen LogP contribution >= 0.6 is 11.5 Å². The van der Waals surface area contributed by atoms with E-state index < -0.39 is 0 Å². The van der Waals surface area contributed by atoms with Crippen LogP contribution in [0.25, 0.3) is 0 Å². The zero-order valence-electron chi connectivity index (χ0n) is 12.2. The van der Waals surface area contributed by atoms with Gasteiger partial charge in [-0.3, -0.25) is 0 Å². The SMILES string of the molecule is CC(C)(C)CC(O)CNc1nc(C(C)(C)C)ns1. The molecular weight excluding hydrogens is 246 g/mol. The number of aromatic nitrogens is 2. The van der Waals surface area contributed by atoms with Crippen LogP contribution in [0.2, 0.25) is 0 Å². The van der Waals surface area contributed by atoms with Gasteiger partial charge in [-0.15, -0.1) is 0 Å². The van der Waals surface area contributed by atoms with Crippen LogP contribution in [-0.4, -0.2) is 27.1 Å². The van der Waals surface area contributed by atoms with E-state index in [0.717, 1.165) is 17.4 Å². The van der Waals surface area contributed by atoms with E-state index in [4.69, 9.17) is 0 Å². The third-order valence-corrected chi connectivity index (χ3v) is 3.11. The molecule has 104 valence electrons. The van der Waals surface area contributed by atoms with Crippen LogP contribution < -0.4 is 5.32 Å². The molecule has 18 heavy (non-hydrogen) atoms. The molecule has 0 aliphatic heterocycles. The van der Waals surface area contributed by atoms with Gasteiger partial charge in [0, 0.05) is 23.5 Å². The molecule has 4 nitrogen and oxygen atoms in total. The molecule has 0 radical (unpaired) electrons. The highest BCUT2D eigenvalue weighted by molar-refractivity contribution is 7.09. The first-order chi connectivity index (χ1) is 8.08.